The lowest BCUT2D eigenvalue weighted by Crippen LogP contribution is -2.36. The Hall–Kier alpha value is -2.18. The average molecular weight is 403 g/mol. The Morgan fingerprint density at radius 2 is 1.50 bits per heavy atom. The van der Waals surface area contributed by atoms with E-state index in [0.29, 0.717) is 5.56 Å². The van der Waals surface area contributed by atoms with Crippen molar-refractivity contribution >= 4 is 15.9 Å². The van der Waals surface area contributed by atoms with Crippen molar-refractivity contribution in [3.05, 3.63) is 65.7 Å². The van der Waals surface area contributed by atoms with Crippen molar-refractivity contribution < 1.29 is 13.2 Å². The maximum Gasteiger partial charge on any atom is 0.251 e. The highest BCUT2D eigenvalue weighted by atomic mass is 32.2. The molecule has 0 aromatic heterocycles. The molecule has 6 heteroatoms. The normalized spacial score (nSPS) is 13.6. The van der Waals surface area contributed by atoms with Crippen LogP contribution in [0.5, 0.6) is 0 Å². The standard InChI is InChI=1S/C22H30N2O3S/c1-16(2)24(6)28(26,27)19-14-12-18(13-15-19)21(25)23-20(22(3,4)5)17-10-8-7-9-11-17/h7-16,20H,1-6H3,(H,23,25). The molecule has 0 heterocycles. The molecule has 2 aromatic carbocycles. The highest BCUT2D eigenvalue weighted by Gasteiger charge is 2.28. The smallest absolute Gasteiger partial charge is 0.251 e. The van der Waals surface area contributed by atoms with Gasteiger partial charge in [0.2, 0.25) is 10.0 Å². The lowest BCUT2D eigenvalue weighted by molar-refractivity contribution is 0.0901. The van der Waals surface area contributed by atoms with Gasteiger partial charge in [-0.2, -0.15) is 4.31 Å². The average Bonchev–Trinajstić information content (AvgIpc) is 2.65. The van der Waals surface area contributed by atoms with Crippen LogP contribution < -0.4 is 5.32 Å². The summed E-state index contributed by atoms with van der Waals surface area (Å²) in [4.78, 5) is 13.0. The third kappa shape index (κ3) is 5.00. The summed E-state index contributed by atoms with van der Waals surface area (Å²) in [5.41, 5.74) is 1.28. The van der Waals surface area contributed by atoms with Crippen molar-refractivity contribution in [1.29, 1.82) is 0 Å². The van der Waals surface area contributed by atoms with Gasteiger partial charge in [-0.15, -0.1) is 0 Å². The fraction of sp³-hybridized carbons (Fsp3) is 0.409. The molecule has 28 heavy (non-hydrogen) atoms. The minimum absolute atomic E-state index is 0.147. The lowest BCUT2D eigenvalue weighted by Gasteiger charge is -2.32. The van der Waals surface area contributed by atoms with Crippen LogP contribution in [0, 0.1) is 5.41 Å². The second-order valence-corrected chi connectivity index (χ2v) is 10.3. The molecule has 1 N–H and O–H groups in total. The number of amides is 1. The summed E-state index contributed by atoms with van der Waals surface area (Å²) in [7, 11) is -2.02. The van der Waals surface area contributed by atoms with Crippen molar-refractivity contribution in [1.82, 2.24) is 9.62 Å². The molecule has 0 radical (unpaired) electrons. The largest absolute Gasteiger partial charge is 0.345 e. The molecule has 0 aliphatic heterocycles. The minimum Gasteiger partial charge on any atom is -0.345 e. The van der Waals surface area contributed by atoms with Crippen molar-refractivity contribution in [3.63, 3.8) is 0 Å². The first-order chi connectivity index (χ1) is 12.9. The molecule has 1 unspecified atom stereocenters. The van der Waals surface area contributed by atoms with Gasteiger partial charge in [-0.3, -0.25) is 4.79 Å². The summed E-state index contributed by atoms with van der Waals surface area (Å²) >= 11 is 0. The van der Waals surface area contributed by atoms with E-state index < -0.39 is 10.0 Å². The van der Waals surface area contributed by atoms with Gasteiger partial charge in [-0.05, 0) is 49.1 Å². The second-order valence-electron chi connectivity index (χ2n) is 8.32. The molecule has 0 spiro atoms. The zero-order chi connectivity index (χ0) is 21.1. The molecule has 0 saturated carbocycles. The van der Waals surface area contributed by atoms with Gasteiger partial charge in [-0.25, -0.2) is 8.42 Å². The van der Waals surface area contributed by atoms with Crippen LogP contribution in [0.25, 0.3) is 0 Å². The van der Waals surface area contributed by atoms with Gasteiger partial charge in [0.15, 0.2) is 0 Å². The van der Waals surface area contributed by atoms with Crippen molar-refractivity contribution in [2.24, 2.45) is 5.41 Å². The molecule has 2 rings (SSSR count). The summed E-state index contributed by atoms with van der Waals surface area (Å²) in [6, 6.07) is 15.6. The number of nitrogens with zero attached hydrogens (tertiary/aromatic N) is 1. The van der Waals surface area contributed by atoms with Crippen LogP contribution in [0.1, 0.15) is 56.6 Å². The van der Waals surface area contributed by atoms with E-state index in [9.17, 15) is 13.2 Å². The van der Waals surface area contributed by atoms with Crippen LogP contribution in [-0.4, -0.2) is 31.7 Å². The fourth-order valence-corrected chi connectivity index (χ4v) is 4.25. The molecule has 1 amide bonds. The van der Waals surface area contributed by atoms with E-state index in [-0.39, 0.29) is 28.3 Å². The zero-order valence-corrected chi connectivity index (χ0v) is 18.2. The molecule has 0 aliphatic rings. The summed E-state index contributed by atoms with van der Waals surface area (Å²) in [5, 5.41) is 3.09. The molecule has 2 aromatic rings. The SMILES string of the molecule is CC(C)N(C)S(=O)(=O)c1ccc(C(=O)NC(c2ccccc2)C(C)(C)C)cc1. The zero-order valence-electron chi connectivity index (χ0n) is 17.4. The monoisotopic (exact) mass is 402 g/mol. The Labute approximate surface area is 168 Å². The van der Waals surface area contributed by atoms with E-state index in [0.717, 1.165) is 5.56 Å². The van der Waals surface area contributed by atoms with Gasteiger partial charge >= 0.3 is 0 Å². The summed E-state index contributed by atoms with van der Waals surface area (Å²) in [6.07, 6.45) is 0. The number of rotatable bonds is 6. The molecular weight excluding hydrogens is 372 g/mol. The maximum absolute atomic E-state index is 12.8. The molecular formula is C22H30N2O3S. The third-order valence-corrected chi connectivity index (χ3v) is 6.84. The van der Waals surface area contributed by atoms with Crippen LogP contribution in [0.2, 0.25) is 0 Å². The number of hydrogen-bond acceptors (Lipinski definition) is 3. The molecule has 0 saturated heterocycles. The molecule has 1 atom stereocenters. The van der Waals surface area contributed by atoms with E-state index >= 15 is 0 Å². The Balaban J connectivity index is 2.25. The third-order valence-electron chi connectivity index (χ3n) is 4.80. The van der Waals surface area contributed by atoms with Gasteiger partial charge in [0.1, 0.15) is 0 Å². The number of carbonyl (C=O) groups excluding carboxylic acids is 1. The highest BCUT2D eigenvalue weighted by Crippen LogP contribution is 2.33. The van der Waals surface area contributed by atoms with E-state index in [1.54, 1.807) is 19.2 Å². The van der Waals surface area contributed by atoms with E-state index in [1.165, 1.54) is 16.4 Å². The minimum atomic E-state index is -3.57. The quantitative estimate of drug-likeness (QED) is 0.786. The summed E-state index contributed by atoms with van der Waals surface area (Å²) < 4.78 is 26.5. The predicted molar refractivity (Wildman–Crippen MR) is 113 cm³/mol. The van der Waals surface area contributed by atoms with Crippen LogP contribution in [0.3, 0.4) is 0 Å². The summed E-state index contributed by atoms with van der Waals surface area (Å²) in [6.45, 7) is 9.85. The Morgan fingerprint density at radius 1 is 0.964 bits per heavy atom. The van der Waals surface area contributed by atoms with Gasteiger partial charge in [0, 0.05) is 18.7 Å². The Kier molecular flexibility index (Phi) is 6.67. The van der Waals surface area contributed by atoms with Gasteiger partial charge < -0.3 is 5.32 Å². The molecule has 0 aliphatic carbocycles. The van der Waals surface area contributed by atoms with Gasteiger partial charge in [0.25, 0.3) is 5.91 Å². The lowest BCUT2D eigenvalue weighted by atomic mass is 9.82. The molecule has 0 bridgehead atoms. The number of carbonyl (C=O) groups is 1. The van der Waals surface area contributed by atoms with E-state index in [4.69, 9.17) is 0 Å². The van der Waals surface area contributed by atoms with Gasteiger partial charge in [-0.1, -0.05) is 51.1 Å². The van der Waals surface area contributed by atoms with E-state index in [1.807, 2.05) is 44.2 Å². The Morgan fingerprint density at radius 3 is 1.96 bits per heavy atom. The first-order valence-corrected chi connectivity index (χ1v) is 10.8. The van der Waals surface area contributed by atoms with Crippen molar-refractivity contribution in [2.45, 2.75) is 51.6 Å². The van der Waals surface area contributed by atoms with Crippen molar-refractivity contribution in [2.75, 3.05) is 7.05 Å². The second kappa shape index (κ2) is 8.45. The first-order valence-electron chi connectivity index (χ1n) is 9.38. The number of nitrogens with one attached hydrogen (secondary N) is 1. The van der Waals surface area contributed by atoms with Crippen LogP contribution in [0.15, 0.2) is 59.5 Å². The fourth-order valence-electron chi connectivity index (χ4n) is 2.88. The first kappa shape index (κ1) is 22.1. The maximum atomic E-state index is 12.8. The van der Waals surface area contributed by atoms with Crippen molar-refractivity contribution in [3.8, 4) is 0 Å². The predicted octanol–water partition coefficient (Wildman–Crippen LogP) is 4.23. The topological polar surface area (TPSA) is 66.5 Å². The number of sulfonamides is 1. The highest BCUT2D eigenvalue weighted by molar-refractivity contribution is 7.89. The molecule has 0 fully saturated rings. The number of benzene rings is 2. The van der Waals surface area contributed by atoms with Crippen LogP contribution >= 0.6 is 0 Å². The van der Waals surface area contributed by atoms with Crippen LogP contribution in [-0.2, 0) is 10.0 Å². The number of hydrogen-bond donors (Lipinski definition) is 1. The molecule has 152 valence electrons. The van der Waals surface area contributed by atoms with E-state index in [2.05, 4.69) is 26.1 Å². The molecule has 5 nitrogen and oxygen atoms in total. The summed E-state index contributed by atoms with van der Waals surface area (Å²) in [5.74, 6) is -0.232. The Bertz CT molecular complexity index is 899. The van der Waals surface area contributed by atoms with Crippen LogP contribution in [0.4, 0.5) is 0 Å². The van der Waals surface area contributed by atoms with Gasteiger partial charge in [0.05, 0.1) is 10.9 Å².